The van der Waals surface area contributed by atoms with Gasteiger partial charge in [0.25, 0.3) is 0 Å². The largest absolute Gasteiger partial charge is 0.461 e. The molecule has 162 valence electrons. The fourth-order valence-corrected chi connectivity index (χ4v) is 4.18. The summed E-state index contributed by atoms with van der Waals surface area (Å²) in [4.78, 5) is 12.7. The normalized spacial score (nSPS) is 13.2. The number of carbonyl (C=O) groups excluding carboxylic acids is 1. The Labute approximate surface area is 188 Å². The van der Waals surface area contributed by atoms with Gasteiger partial charge in [0, 0.05) is 5.69 Å². The van der Waals surface area contributed by atoms with Crippen molar-refractivity contribution in [1.82, 2.24) is 20.1 Å². The Morgan fingerprint density at radius 2 is 1.94 bits per heavy atom. The maximum atomic E-state index is 12.7. The van der Waals surface area contributed by atoms with Crippen LogP contribution < -0.4 is 14.8 Å². The topological polar surface area (TPSA) is 91.4 Å². The molecule has 4 aromatic rings. The molecule has 9 heteroatoms. The Hall–Kier alpha value is -3.72. The second-order valence-electron chi connectivity index (χ2n) is 7.15. The predicted molar refractivity (Wildman–Crippen MR) is 119 cm³/mol. The number of thioether (sulfide) groups is 1. The van der Waals surface area contributed by atoms with E-state index in [1.807, 2.05) is 66.1 Å². The van der Waals surface area contributed by atoms with E-state index in [1.165, 1.54) is 11.8 Å². The van der Waals surface area contributed by atoms with Gasteiger partial charge in [-0.25, -0.2) is 0 Å². The summed E-state index contributed by atoms with van der Waals surface area (Å²) in [6.07, 6.45) is 1.59. The quantitative estimate of drug-likeness (QED) is 0.423. The van der Waals surface area contributed by atoms with Crippen LogP contribution in [0.15, 0.2) is 76.5 Å². The lowest BCUT2D eigenvalue weighted by atomic mass is 10.1. The predicted octanol–water partition coefficient (Wildman–Crippen LogP) is 4.23. The third-order valence-corrected chi connectivity index (χ3v) is 5.92. The van der Waals surface area contributed by atoms with E-state index < -0.39 is 0 Å². The van der Waals surface area contributed by atoms with E-state index in [9.17, 15) is 4.79 Å². The van der Waals surface area contributed by atoms with Gasteiger partial charge in [0.15, 0.2) is 22.4 Å². The van der Waals surface area contributed by atoms with Crippen LogP contribution in [0.3, 0.4) is 0 Å². The van der Waals surface area contributed by atoms with Crippen LogP contribution in [0.1, 0.15) is 18.5 Å². The number of benzene rings is 2. The van der Waals surface area contributed by atoms with E-state index in [0.717, 1.165) is 17.0 Å². The van der Waals surface area contributed by atoms with E-state index in [-0.39, 0.29) is 24.5 Å². The number of aromatic nitrogens is 3. The molecule has 0 unspecified atom stereocenters. The first kappa shape index (κ1) is 20.2. The number of hydrogen-bond acceptors (Lipinski definition) is 7. The molecule has 0 spiro atoms. The Morgan fingerprint density at radius 1 is 1.09 bits per heavy atom. The molecule has 32 heavy (non-hydrogen) atoms. The Balaban J connectivity index is 1.30. The van der Waals surface area contributed by atoms with Crippen molar-refractivity contribution in [2.75, 3.05) is 12.5 Å². The van der Waals surface area contributed by atoms with E-state index in [0.29, 0.717) is 22.5 Å². The zero-order valence-electron chi connectivity index (χ0n) is 17.2. The second-order valence-corrected chi connectivity index (χ2v) is 8.09. The molecule has 0 saturated carbocycles. The summed E-state index contributed by atoms with van der Waals surface area (Å²) in [5.74, 6) is 2.68. The minimum atomic E-state index is -0.178. The average Bonchev–Trinajstić information content (AvgIpc) is 3.58. The molecule has 1 aliphatic rings. The summed E-state index contributed by atoms with van der Waals surface area (Å²) in [5.41, 5.74) is 1.83. The van der Waals surface area contributed by atoms with Gasteiger partial charge in [0.2, 0.25) is 18.5 Å². The van der Waals surface area contributed by atoms with Crippen LogP contribution in [0.5, 0.6) is 11.5 Å². The van der Waals surface area contributed by atoms with Crippen molar-refractivity contribution in [3.8, 4) is 28.8 Å². The van der Waals surface area contributed by atoms with Crippen LogP contribution in [0.2, 0.25) is 0 Å². The number of carbonyl (C=O) groups is 1. The molecule has 1 aliphatic heterocycles. The molecular weight excluding hydrogens is 428 g/mol. The molecule has 0 fully saturated rings. The van der Waals surface area contributed by atoms with Crippen molar-refractivity contribution in [2.24, 2.45) is 0 Å². The summed E-state index contributed by atoms with van der Waals surface area (Å²) >= 11 is 1.32. The molecule has 0 aliphatic carbocycles. The zero-order valence-corrected chi connectivity index (χ0v) is 18.0. The number of para-hydroxylation sites is 1. The van der Waals surface area contributed by atoms with Gasteiger partial charge in [-0.15, -0.1) is 10.2 Å². The number of nitrogens with zero attached hydrogens (tertiary/aromatic N) is 3. The minimum absolute atomic E-state index is 0.109. The second kappa shape index (κ2) is 8.80. The van der Waals surface area contributed by atoms with Gasteiger partial charge in [-0.1, -0.05) is 36.0 Å². The third-order valence-electron chi connectivity index (χ3n) is 5.00. The van der Waals surface area contributed by atoms with Crippen molar-refractivity contribution >= 4 is 17.7 Å². The van der Waals surface area contributed by atoms with Crippen molar-refractivity contribution < 1.29 is 18.7 Å². The van der Waals surface area contributed by atoms with Gasteiger partial charge in [0.05, 0.1) is 18.1 Å². The van der Waals surface area contributed by atoms with Gasteiger partial charge in [-0.3, -0.25) is 9.36 Å². The van der Waals surface area contributed by atoms with E-state index in [1.54, 1.807) is 12.3 Å². The van der Waals surface area contributed by atoms with Gasteiger partial charge < -0.3 is 19.2 Å². The van der Waals surface area contributed by atoms with Crippen LogP contribution >= 0.6 is 11.8 Å². The maximum absolute atomic E-state index is 12.7. The van der Waals surface area contributed by atoms with Crippen molar-refractivity contribution in [3.05, 3.63) is 72.5 Å². The average molecular weight is 449 g/mol. The lowest BCUT2D eigenvalue weighted by molar-refractivity contribution is -0.119. The number of nitrogens with one attached hydrogen (secondary N) is 1. The molecule has 0 bridgehead atoms. The first-order valence-electron chi connectivity index (χ1n) is 10.1. The van der Waals surface area contributed by atoms with Crippen molar-refractivity contribution in [1.29, 1.82) is 0 Å². The number of amides is 1. The number of rotatable bonds is 7. The Kier molecular flexibility index (Phi) is 5.55. The van der Waals surface area contributed by atoms with Crippen LogP contribution in [0.4, 0.5) is 0 Å². The summed E-state index contributed by atoms with van der Waals surface area (Å²) in [5, 5.41) is 12.2. The van der Waals surface area contributed by atoms with Gasteiger partial charge >= 0.3 is 0 Å². The van der Waals surface area contributed by atoms with Gasteiger partial charge in [-0.05, 0) is 48.9 Å². The lowest BCUT2D eigenvalue weighted by Gasteiger charge is -2.15. The SMILES string of the molecule is C[C@H](NC(=O)CSc1nnc(-c2ccco2)n1-c1ccccc1)c1ccc2c(c1)OCO2. The Bertz CT molecular complexity index is 1220. The highest BCUT2D eigenvalue weighted by molar-refractivity contribution is 7.99. The molecular formula is C23H20N4O4S. The van der Waals surface area contributed by atoms with Crippen molar-refractivity contribution in [2.45, 2.75) is 18.1 Å². The molecule has 2 aromatic carbocycles. The van der Waals surface area contributed by atoms with E-state index in [2.05, 4.69) is 15.5 Å². The third kappa shape index (κ3) is 4.06. The molecule has 3 heterocycles. The first-order valence-corrected chi connectivity index (χ1v) is 11.0. The number of furan rings is 1. The van der Waals surface area contributed by atoms with Gasteiger partial charge in [0.1, 0.15) is 0 Å². The van der Waals surface area contributed by atoms with E-state index >= 15 is 0 Å². The smallest absolute Gasteiger partial charge is 0.231 e. The molecule has 2 aromatic heterocycles. The fourth-order valence-electron chi connectivity index (χ4n) is 3.42. The van der Waals surface area contributed by atoms with Crippen LogP contribution in [-0.4, -0.2) is 33.2 Å². The standard InChI is InChI=1S/C23H20N4O4S/c1-15(16-9-10-18-20(12-16)31-14-30-18)24-21(28)13-32-23-26-25-22(19-8-5-11-29-19)27(23)17-6-3-2-4-7-17/h2-12,15H,13-14H2,1H3,(H,24,28)/t15-/m0/s1. The summed E-state index contributed by atoms with van der Waals surface area (Å²) in [6, 6.07) is 18.9. The number of fused-ring (bicyclic) bond motifs is 1. The summed E-state index contributed by atoms with van der Waals surface area (Å²) in [7, 11) is 0. The Morgan fingerprint density at radius 3 is 2.75 bits per heavy atom. The first-order chi connectivity index (χ1) is 15.7. The summed E-state index contributed by atoms with van der Waals surface area (Å²) in [6.45, 7) is 2.15. The maximum Gasteiger partial charge on any atom is 0.231 e. The fraction of sp³-hybridized carbons (Fsp3) is 0.174. The molecule has 8 nitrogen and oxygen atoms in total. The van der Waals surface area contributed by atoms with Gasteiger partial charge in [-0.2, -0.15) is 0 Å². The minimum Gasteiger partial charge on any atom is -0.461 e. The van der Waals surface area contributed by atoms with E-state index in [4.69, 9.17) is 13.9 Å². The molecule has 1 amide bonds. The van der Waals surface area contributed by atoms with Crippen LogP contribution in [0, 0.1) is 0 Å². The zero-order chi connectivity index (χ0) is 21.9. The van der Waals surface area contributed by atoms with Crippen LogP contribution in [-0.2, 0) is 4.79 Å². The molecule has 0 saturated heterocycles. The molecule has 5 rings (SSSR count). The number of hydrogen-bond donors (Lipinski definition) is 1. The lowest BCUT2D eigenvalue weighted by Crippen LogP contribution is -2.28. The summed E-state index contributed by atoms with van der Waals surface area (Å²) < 4.78 is 18.2. The molecule has 1 atom stereocenters. The highest BCUT2D eigenvalue weighted by Gasteiger charge is 2.20. The highest BCUT2D eigenvalue weighted by atomic mass is 32.2. The highest BCUT2D eigenvalue weighted by Crippen LogP contribution is 2.34. The molecule has 1 N–H and O–H groups in total. The molecule has 0 radical (unpaired) electrons. The van der Waals surface area contributed by atoms with Crippen LogP contribution in [0.25, 0.3) is 17.3 Å². The monoisotopic (exact) mass is 448 g/mol. The number of ether oxygens (including phenoxy) is 2. The van der Waals surface area contributed by atoms with Crippen molar-refractivity contribution in [3.63, 3.8) is 0 Å².